The molecule has 0 spiro atoms. The molecule has 2 atom stereocenters. The van der Waals surface area contributed by atoms with E-state index < -0.39 is 6.04 Å². The largest absolute Gasteiger partial charge is 0.345 e. The molecule has 1 aromatic rings. The third-order valence-electron chi connectivity index (χ3n) is 3.39. The molecule has 0 bridgehead atoms. The number of rotatable bonds is 2. The summed E-state index contributed by atoms with van der Waals surface area (Å²) in [6.45, 7) is 3.89. The Morgan fingerprint density at radius 2 is 2.00 bits per heavy atom. The van der Waals surface area contributed by atoms with Crippen molar-refractivity contribution in [3.05, 3.63) is 33.8 Å². The van der Waals surface area contributed by atoms with Gasteiger partial charge >= 0.3 is 0 Å². The van der Waals surface area contributed by atoms with E-state index in [1.165, 1.54) is 0 Å². The van der Waals surface area contributed by atoms with Gasteiger partial charge in [-0.1, -0.05) is 23.2 Å². The van der Waals surface area contributed by atoms with E-state index >= 15 is 0 Å². The molecule has 6 heteroatoms. The van der Waals surface area contributed by atoms with Gasteiger partial charge in [0.1, 0.15) is 6.04 Å². The van der Waals surface area contributed by atoms with E-state index in [0.29, 0.717) is 16.6 Å². The van der Waals surface area contributed by atoms with Crippen molar-refractivity contribution in [2.45, 2.75) is 38.9 Å². The first kappa shape index (κ1) is 15.1. The summed E-state index contributed by atoms with van der Waals surface area (Å²) in [6, 6.07) is 4.45. The maximum Gasteiger partial charge on any atom is 0.245 e. The molecule has 1 aromatic carbocycles. The highest BCUT2D eigenvalue weighted by Gasteiger charge is 2.31. The van der Waals surface area contributed by atoms with Gasteiger partial charge in [0.15, 0.2) is 0 Å². The number of nitrogens with one attached hydrogen (secondary N) is 1. The van der Waals surface area contributed by atoms with Crippen LogP contribution in [0.25, 0.3) is 0 Å². The lowest BCUT2D eigenvalue weighted by Crippen LogP contribution is -2.44. The average Bonchev–Trinajstić information content (AvgIpc) is 2.45. The highest BCUT2D eigenvalue weighted by molar-refractivity contribution is 6.33. The second-order valence-corrected chi connectivity index (χ2v) is 5.89. The van der Waals surface area contributed by atoms with Crippen LogP contribution < -0.4 is 5.32 Å². The van der Waals surface area contributed by atoms with Gasteiger partial charge in [0.2, 0.25) is 11.8 Å². The molecule has 0 saturated carbocycles. The number of halogens is 2. The van der Waals surface area contributed by atoms with E-state index in [-0.39, 0.29) is 24.3 Å². The Kier molecular flexibility index (Phi) is 4.55. The van der Waals surface area contributed by atoms with Crippen molar-refractivity contribution < 1.29 is 9.59 Å². The van der Waals surface area contributed by atoms with Crippen molar-refractivity contribution >= 4 is 35.0 Å². The summed E-state index contributed by atoms with van der Waals surface area (Å²) in [4.78, 5) is 25.6. The molecule has 2 rings (SSSR count). The maximum absolute atomic E-state index is 12.3. The molecule has 0 aliphatic carbocycles. The quantitative estimate of drug-likeness (QED) is 0.912. The Hall–Kier alpha value is -1.26. The minimum atomic E-state index is -0.523. The number of hydrogen-bond donors (Lipinski definition) is 1. The fraction of sp³-hybridized carbons (Fsp3) is 0.429. The summed E-state index contributed by atoms with van der Waals surface area (Å²) in [5, 5.41) is 3.81. The normalized spacial score (nSPS) is 23.5. The molecule has 1 N–H and O–H groups in total. The van der Waals surface area contributed by atoms with Crippen LogP contribution in [0.4, 0.5) is 0 Å². The summed E-state index contributed by atoms with van der Waals surface area (Å²) in [6.07, 6.45) is 0.286. The first-order chi connectivity index (χ1) is 9.38. The number of carbonyl (C=O) groups excluding carboxylic acids is 2. The minimum absolute atomic E-state index is 0.112. The molecule has 2 unspecified atom stereocenters. The lowest BCUT2D eigenvalue weighted by Gasteiger charge is -2.28. The lowest BCUT2D eigenvalue weighted by molar-refractivity contribution is -0.135. The standard InChI is InChI=1S/C14H16Cl2N2O2/c1-8-5-13(19)17-9(2)14(20)18(8)7-10-6-11(15)3-4-12(10)16/h3-4,6,8-9H,5,7H2,1-2H3,(H,17,19). The smallest absolute Gasteiger partial charge is 0.245 e. The Balaban J connectivity index is 2.27. The van der Waals surface area contributed by atoms with Gasteiger partial charge in [0.25, 0.3) is 0 Å². The van der Waals surface area contributed by atoms with Gasteiger partial charge < -0.3 is 10.2 Å². The highest BCUT2D eigenvalue weighted by atomic mass is 35.5. The zero-order valence-corrected chi connectivity index (χ0v) is 12.8. The number of amides is 2. The van der Waals surface area contributed by atoms with Crippen LogP contribution in [0.15, 0.2) is 18.2 Å². The van der Waals surface area contributed by atoms with Crippen LogP contribution in [0.2, 0.25) is 10.0 Å². The Morgan fingerprint density at radius 1 is 1.30 bits per heavy atom. The zero-order chi connectivity index (χ0) is 14.9. The molecule has 4 nitrogen and oxygen atoms in total. The van der Waals surface area contributed by atoms with Gasteiger partial charge in [-0.05, 0) is 37.6 Å². The van der Waals surface area contributed by atoms with Gasteiger partial charge in [-0.2, -0.15) is 0 Å². The molecular weight excluding hydrogens is 299 g/mol. The minimum Gasteiger partial charge on any atom is -0.345 e. The average molecular weight is 315 g/mol. The molecule has 20 heavy (non-hydrogen) atoms. The number of nitrogens with zero attached hydrogens (tertiary/aromatic N) is 1. The van der Waals surface area contributed by atoms with E-state index in [2.05, 4.69) is 5.32 Å². The fourth-order valence-corrected chi connectivity index (χ4v) is 2.66. The maximum atomic E-state index is 12.3. The molecule has 1 aliphatic heterocycles. The summed E-state index contributed by atoms with van der Waals surface area (Å²) >= 11 is 12.1. The Morgan fingerprint density at radius 3 is 2.70 bits per heavy atom. The number of benzene rings is 1. The monoisotopic (exact) mass is 314 g/mol. The third kappa shape index (κ3) is 3.25. The summed E-state index contributed by atoms with van der Waals surface area (Å²) in [5.41, 5.74) is 0.779. The fourth-order valence-electron chi connectivity index (χ4n) is 2.29. The Bertz CT molecular complexity index is 548. The highest BCUT2D eigenvalue weighted by Crippen LogP contribution is 2.24. The molecule has 1 aliphatic rings. The Labute approximate surface area is 128 Å². The van der Waals surface area contributed by atoms with Gasteiger partial charge in [0.05, 0.1) is 0 Å². The molecular formula is C14H16Cl2N2O2. The van der Waals surface area contributed by atoms with Crippen molar-refractivity contribution in [3.63, 3.8) is 0 Å². The van der Waals surface area contributed by atoms with Crippen LogP contribution >= 0.6 is 23.2 Å². The lowest BCUT2D eigenvalue weighted by atomic mass is 10.1. The summed E-state index contributed by atoms with van der Waals surface area (Å²) < 4.78 is 0. The van der Waals surface area contributed by atoms with Crippen LogP contribution in [-0.4, -0.2) is 28.8 Å². The van der Waals surface area contributed by atoms with Crippen LogP contribution in [0.3, 0.4) is 0 Å². The predicted molar refractivity (Wildman–Crippen MR) is 78.7 cm³/mol. The molecule has 2 amide bonds. The predicted octanol–water partition coefficient (Wildman–Crippen LogP) is 2.62. The second-order valence-electron chi connectivity index (χ2n) is 5.04. The van der Waals surface area contributed by atoms with Crippen LogP contribution in [-0.2, 0) is 16.1 Å². The van der Waals surface area contributed by atoms with Crippen LogP contribution in [0.1, 0.15) is 25.8 Å². The van der Waals surface area contributed by atoms with Crippen LogP contribution in [0, 0.1) is 0 Å². The van der Waals surface area contributed by atoms with Gasteiger partial charge in [-0.25, -0.2) is 0 Å². The molecule has 0 radical (unpaired) electrons. The summed E-state index contributed by atoms with van der Waals surface area (Å²) in [5.74, 6) is -0.225. The van der Waals surface area contributed by atoms with E-state index in [1.807, 2.05) is 6.92 Å². The van der Waals surface area contributed by atoms with Crippen molar-refractivity contribution in [1.82, 2.24) is 10.2 Å². The summed E-state index contributed by atoms with van der Waals surface area (Å²) in [7, 11) is 0. The molecule has 108 valence electrons. The van der Waals surface area contributed by atoms with Gasteiger partial charge in [-0.15, -0.1) is 0 Å². The molecule has 1 saturated heterocycles. The molecule has 1 heterocycles. The second kappa shape index (κ2) is 6.02. The third-order valence-corrected chi connectivity index (χ3v) is 4.00. The van der Waals surface area contributed by atoms with Crippen molar-refractivity contribution in [2.24, 2.45) is 0 Å². The van der Waals surface area contributed by atoms with E-state index in [4.69, 9.17) is 23.2 Å². The first-order valence-electron chi connectivity index (χ1n) is 6.42. The molecule has 0 aromatic heterocycles. The van der Waals surface area contributed by atoms with Gasteiger partial charge in [-0.3, -0.25) is 9.59 Å². The number of hydrogen-bond acceptors (Lipinski definition) is 2. The van der Waals surface area contributed by atoms with Crippen molar-refractivity contribution in [2.75, 3.05) is 0 Å². The van der Waals surface area contributed by atoms with E-state index in [0.717, 1.165) is 5.56 Å². The van der Waals surface area contributed by atoms with Crippen LogP contribution in [0.5, 0.6) is 0 Å². The van der Waals surface area contributed by atoms with Crippen molar-refractivity contribution in [3.8, 4) is 0 Å². The zero-order valence-electron chi connectivity index (χ0n) is 11.3. The van der Waals surface area contributed by atoms with E-state index in [9.17, 15) is 9.59 Å². The van der Waals surface area contributed by atoms with E-state index in [1.54, 1.807) is 30.0 Å². The SMILES string of the molecule is CC1NC(=O)CC(C)N(Cc2cc(Cl)ccc2Cl)C1=O. The number of carbonyl (C=O) groups is 2. The molecule has 1 fully saturated rings. The first-order valence-corrected chi connectivity index (χ1v) is 7.18. The topological polar surface area (TPSA) is 49.4 Å². The van der Waals surface area contributed by atoms with Gasteiger partial charge in [0, 0.05) is 29.1 Å². The van der Waals surface area contributed by atoms with Crippen molar-refractivity contribution in [1.29, 1.82) is 0 Å².